The normalized spacial score (nSPS) is 13.8. The van der Waals surface area contributed by atoms with Crippen molar-refractivity contribution >= 4 is 17.2 Å². The maximum atomic E-state index is 12.3. The maximum Gasteiger partial charge on any atom is 0.263 e. The number of methoxy groups -OCH3 is 1. The number of nitrogens with one attached hydrogen (secondary N) is 1. The van der Waals surface area contributed by atoms with Gasteiger partial charge < -0.3 is 19.6 Å². The van der Waals surface area contributed by atoms with E-state index in [0.717, 1.165) is 10.8 Å². The van der Waals surface area contributed by atoms with E-state index in [-0.39, 0.29) is 12.5 Å². The summed E-state index contributed by atoms with van der Waals surface area (Å²) in [5.41, 5.74) is 0.136. The number of thiazole rings is 1. The number of aliphatic hydroxyl groups is 1. The molecule has 0 radical (unpaired) electrons. The molecule has 1 atom stereocenters. The quantitative estimate of drug-likeness (QED) is 0.845. The number of hydrogen-bond donors (Lipinski definition) is 2. The van der Waals surface area contributed by atoms with Crippen LogP contribution in [0, 0.1) is 20.8 Å². The summed E-state index contributed by atoms with van der Waals surface area (Å²) in [4.78, 5) is 17.2. The third-order valence-electron chi connectivity index (χ3n) is 3.53. The van der Waals surface area contributed by atoms with Gasteiger partial charge >= 0.3 is 0 Å². The van der Waals surface area contributed by atoms with Crippen LogP contribution in [0.2, 0.25) is 0 Å². The Bertz CT molecular complexity index is 703. The van der Waals surface area contributed by atoms with Crippen LogP contribution >= 0.6 is 11.3 Å². The van der Waals surface area contributed by atoms with Crippen LogP contribution in [0.1, 0.15) is 44.4 Å². The number of ether oxygens (including phenoxy) is 1. The Balaban J connectivity index is 2.07. The van der Waals surface area contributed by atoms with Gasteiger partial charge in [0.25, 0.3) is 5.91 Å². The Labute approximate surface area is 139 Å². The number of nitrogens with zero attached hydrogens (tertiary/aromatic N) is 1. The first-order chi connectivity index (χ1) is 10.7. The third kappa shape index (κ3) is 3.99. The Morgan fingerprint density at radius 1 is 1.48 bits per heavy atom. The predicted molar refractivity (Wildman–Crippen MR) is 87.7 cm³/mol. The molecule has 0 aliphatic heterocycles. The van der Waals surface area contributed by atoms with Gasteiger partial charge in [-0.25, -0.2) is 4.98 Å². The Morgan fingerprint density at radius 3 is 2.74 bits per heavy atom. The Hall–Kier alpha value is -1.70. The molecule has 126 valence electrons. The molecule has 0 saturated heterocycles. The van der Waals surface area contributed by atoms with Crippen molar-refractivity contribution in [2.24, 2.45) is 0 Å². The SMILES string of the molecule is COCc1nc(C)c(C(=O)NCC(C)(O)c2cc(C)oc2C)s1. The minimum atomic E-state index is -1.20. The van der Waals surface area contributed by atoms with E-state index in [1.165, 1.54) is 11.3 Å². The minimum absolute atomic E-state index is 0.0859. The van der Waals surface area contributed by atoms with Gasteiger partial charge in [-0.3, -0.25) is 4.79 Å². The molecule has 2 N–H and O–H groups in total. The van der Waals surface area contributed by atoms with Crippen molar-refractivity contribution in [3.63, 3.8) is 0 Å². The first-order valence-corrected chi connectivity index (χ1v) is 8.09. The summed E-state index contributed by atoms with van der Waals surface area (Å²) in [6, 6.07) is 1.79. The number of amides is 1. The average Bonchev–Trinajstić information content (AvgIpc) is 2.99. The molecule has 0 aliphatic carbocycles. The lowest BCUT2D eigenvalue weighted by Crippen LogP contribution is -2.38. The van der Waals surface area contributed by atoms with E-state index in [1.807, 2.05) is 6.92 Å². The third-order valence-corrected chi connectivity index (χ3v) is 4.66. The number of furan rings is 1. The van der Waals surface area contributed by atoms with Crippen LogP contribution in [-0.2, 0) is 16.9 Å². The molecule has 23 heavy (non-hydrogen) atoms. The first-order valence-electron chi connectivity index (χ1n) is 7.28. The molecule has 2 rings (SSSR count). The topological polar surface area (TPSA) is 84.6 Å². The zero-order valence-electron chi connectivity index (χ0n) is 14.0. The van der Waals surface area contributed by atoms with Crippen molar-refractivity contribution in [1.82, 2.24) is 10.3 Å². The van der Waals surface area contributed by atoms with Crippen molar-refractivity contribution in [3.05, 3.63) is 38.7 Å². The molecule has 0 bridgehead atoms. The van der Waals surface area contributed by atoms with Crippen molar-refractivity contribution in [1.29, 1.82) is 0 Å². The van der Waals surface area contributed by atoms with Gasteiger partial charge in [0.2, 0.25) is 0 Å². The summed E-state index contributed by atoms with van der Waals surface area (Å²) in [5.74, 6) is 1.13. The lowest BCUT2D eigenvalue weighted by molar-refractivity contribution is 0.0515. The maximum absolute atomic E-state index is 12.3. The number of hydrogen-bond acceptors (Lipinski definition) is 6. The number of carbonyl (C=O) groups excluding carboxylic acids is 1. The van der Waals surface area contributed by atoms with Crippen molar-refractivity contribution in [2.45, 2.75) is 39.9 Å². The second-order valence-corrected chi connectivity index (χ2v) is 6.82. The van der Waals surface area contributed by atoms with Crippen LogP contribution < -0.4 is 5.32 Å². The Kier molecular flexibility index (Phi) is 5.23. The average molecular weight is 338 g/mol. The van der Waals surface area contributed by atoms with Crippen molar-refractivity contribution < 1.29 is 19.1 Å². The van der Waals surface area contributed by atoms with Crippen LogP contribution in [0.3, 0.4) is 0 Å². The summed E-state index contributed by atoms with van der Waals surface area (Å²) >= 11 is 1.30. The monoisotopic (exact) mass is 338 g/mol. The number of carbonyl (C=O) groups is 1. The highest BCUT2D eigenvalue weighted by Gasteiger charge is 2.29. The predicted octanol–water partition coefficient (Wildman–Crippen LogP) is 2.45. The van der Waals surface area contributed by atoms with Gasteiger partial charge in [-0.2, -0.15) is 0 Å². The fourth-order valence-electron chi connectivity index (χ4n) is 2.44. The van der Waals surface area contributed by atoms with E-state index in [1.54, 1.807) is 33.9 Å². The van der Waals surface area contributed by atoms with E-state index in [2.05, 4.69) is 10.3 Å². The molecule has 0 saturated carbocycles. The molecule has 6 nitrogen and oxygen atoms in total. The van der Waals surface area contributed by atoms with E-state index in [0.29, 0.717) is 28.5 Å². The lowest BCUT2D eigenvalue weighted by atomic mass is 9.96. The zero-order chi connectivity index (χ0) is 17.2. The van der Waals surface area contributed by atoms with Crippen LogP contribution in [0.15, 0.2) is 10.5 Å². The molecule has 1 amide bonds. The largest absolute Gasteiger partial charge is 0.466 e. The van der Waals surface area contributed by atoms with Gasteiger partial charge in [0, 0.05) is 12.7 Å². The summed E-state index contributed by atoms with van der Waals surface area (Å²) in [7, 11) is 1.59. The molecular formula is C16H22N2O4S. The van der Waals surface area contributed by atoms with Crippen molar-refractivity contribution in [3.8, 4) is 0 Å². The summed E-state index contributed by atoms with van der Waals surface area (Å²) < 4.78 is 10.5. The Morgan fingerprint density at radius 2 is 2.17 bits per heavy atom. The summed E-state index contributed by atoms with van der Waals surface area (Å²) in [6.07, 6.45) is 0. The van der Waals surface area contributed by atoms with Gasteiger partial charge in [-0.15, -0.1) is 11.3 Å². The summed E-state index contributed by atoms with van der Waals surface area (Å²) in [6.45, 7) is 7.52. The molecule has 2 aromatic rings. The van der Waals surface area contributed by atoms with E-state index >= 15 is 0 Å². The molecular weight excluding hydrogens is 316 g/mol. The van der Waals surface area contributed by atoms with Crippen LogP contribution in [0.4, 0.5) is 0 Å². The molecule has 1 unspecified atom stereocenters. The highest BCUT2D eigenvalue weighted by molar-refractivity contribution is 7.13. The van der Waals surface area contributed by atoms with Crippen molar-refractivity contribution in [2.75, 3.05) is 13.7 Å². The molecule has 0 fully saturated rings. The van der Waals surface area contributed by atoms with Gasteiger partial charge in [0.15, 0.2) is 0 Å². The fourth-order valence-corrected chi connectivity index (χ4v) is 3.39. The summed E-state index contributed by atoms with van der Waals surface area (Å²) in [5, 5.41) is 14.1. The smallest absolute Gasteiger partial charge is 0.263 e. The van der Waals surface area contributed by atoms with E-state index in [9.17, 15) is 9.90 Å². The van der Waals surface area contributed by atoms with Gasteiger partial charge in [0.05, 0.1) is 18.8 Å². The van der Waals surface area contributed by atoms with Crippen LogP contribution in [0.25, 0.3) is 0 Å². The van der Waals surface area contributed by atoms with E-state index in [4.69, 9.17) is 9.15 Å². The number of aromatic nitrogens is 1. The number of aryl methyl sites for hydroxylation is 3. The van der Waals surface area contributed by atoms with Gasteiger partial charge in [0.1, 0.15) is 27.0 Å². The molecule has 2 heterocycles. The fraction of sp³-hybridized carbons (Fsp3) is 0.500. The molecule has 7 heteroatoms. The van der Waals surface area contributed by atoms with Gasteiger partial charge in [-0.05, 0) is 33.8 Å². The van der Waals surface area contributed by atoms with Crippen LogP contribution in [0.5, 0.6) is 0 Å². The molecule has 0 aromatic carbocycles. The lowest BCUT2D eigenvalue weighted by Gasteiger charge is -2.23. The first kappa shape index (κ1) is 17.7. The van der Waals surface area contributed by atoms with Crippen LogP contribution in [-0.4, -0.2) is 29.7 Å². The molecule has 2 aromatic heterocycles. The highest BCUT2D eigenvalue weighted by atomic mass is 32.1. The molecule has 0 aliphatic rings. The molecule has 0 spiro atoms. The van der Waals surface area contributed by atoms with E-state index < -0.39 is 5.60 Å². The highest BCUT2D eigenvalue weighted by Crippen LogP contribution is 2.26. The second-order valence-electron chi connectivity index (χ2n) is 5.74. The second kappa shape index (κ2) is 6.82. The standard InChI is InChI=1S/C16H22N2O4S/c1-9-6-12(11(3)22-9)16(4,20)8-17-15(19)14-10(2)18-13(23-14)7-21-5/h6,20H,7-8H2,1-5H3,(H,17,19). The zero-order valence-corrected chi connectivity index (χ0v) is 14.8. The minimum Gasteiger partial charge on any atom is -0.466 e. The van der Waals surface area contributed by atoms with Gasteiger partial charge in [-0.1, -0.05) is 0 Å². The number of rotatable bonds is 6.